The number of nitrogens with zero attached hydrogens (tertiary/aromatic N) is 5. The molecule has 0 amide bonds. The number of carboxylic acid groups (broad SMARTS) is 1. The van der Waals surface area contributed by atoms with E-state index in [0.29, 0.717) is 16.6 Å². The molecule has 1 fully saturated rings. The summed E-state index contributed by atoms with van der Waals surface area (Å²) in [6, 6.07) is 8.32. The normalized spacial score (nSPS) is 18.2. The van der Waals surface area contributed by atoms with E-state index in [1.165, 1.54) is 19.1 Å². The van der Waals surface area contributed by atoms with Crippen molar-refractivity contribution < 1.29 is 18.7 Å². The fourth-order valence-electron chi connectivity index (χ4n) is 4.25. The van der Waals surface area contributed by atoms with Crippen LogP contribution in [0.2, 0.25) is 5.15 Å². The van der Waals surface area contributed by atoms with Gasteiger partial charge in [-0.05, 0) is 37.6 Å². The minimum absolute atomic E-state index is 0.0509. The minimum Gasteiger partial charge on any atom is -0.476 e. The topological polar surface area (TPSA) is 115 Å². The summed E-state index contributed by atoms with van der Waals surface area (Å²) in [6.45, 7) is 5.29. The molecule has 0 radical (unpaired) electrons. The number of nitriles is 1. The van der Waals surface area contributed by atoms with Gasteiger partial charge in [0, 0.05) is 31.0 Å². The Morgan fingerprint density at radius 2 is 2.09 bits per heavy atom. The summed E-state index contributed by atoms with van der Waals surface area (Å²) in [4.78, 5) is 26.4. The van der Waals surface area contributed by atoms with Gasteiger partial charge in [0.05, 0.1) is 22.8 Å². The lowest BCUT2D eigenvalue weighted by Gasteiger charge is -2.37. The lowest BCUT2D eigenvalue weighted by atomic mass is 9.95. The predicted octanol–water partition coefficient (Wildman–Crippen LogP) is 5.21. The second kappa shape index (κ2) is 9.23. The van der Waals surface area contributed by atoms with Crippen molar-refractivity contribution in [3.05, 3.63) is 51.9 Å². The summed E-state index contributed by atoms with van der Waals surface area (Å²) in [7, 11) is 0. The first kappa shape index (κ1) is 24.5. The highest BCUT2D eigenvalue weighted by Crippen LogP contribution is 2.36. The predicted molar refractivity (Wildman–Crippen MR) is 128 cm³/mol. The highest BCUT2D eigenvalue weighted by Gasteiger charge is 2.42. The maximum absolute atomic E-state index is 14.1. The zero-order valence-corrected chi connectivity index (χ0v) is 20.1. The number of pyridine rings is 1. The van der Waals surface area contributed by atoms with Crippen LogP contribution >= 0.6 is 11.6 Å². The number of benzene rings is 1. The standard InChI is InChI=1S/C24H23ClF2N6O2/c1-12-8-15(14(3)29-16-4-5-19(25)31-21(16)23(34)35)20-17(9-12)30-18(10-28)22(32-20)33-7-6-24(26,27)13(2)11-33/h4-5,8-9,13-14,29H,6-7,11H2,1-3H3,(H,34,35)/t13?,14-/m1/s1. The molecule has 0 aliphatic carbocycles. The number of fused-ring (bicyclic) bond motifs is 1. The summed E-state index contributed by atoms with van der Waals surface area (Å²) >= 11 is 5.86. The fraction of sp³-hybridized carbons (Fsp3) is 0.375. The maximum atomic E-state index is 14.1. The molecule has 3 aromatic rings. The van der Waals surface area contributed by atoms with Gasteiger partial charge in [-0.1, -0.05) is 24.6 Å². The number of alkyl halides is 2. The van der Waals surface area contributed by atoms with Crippen LogP contribution in [0.25, 0.3) is 11.0 Å². The SMILES string of the molecule is Cc1cc([C@@H](C)Nc2ccc(Cl)nc2C(=O)O)c2nc(N3CCC(F)(F)C(C)C3)c(C#N)nc2c1. The van der Waals surface area contributed by atoms with Gasteiger partial charge in [-0.25, -0.2) is 28.5 Å². The highest BCUT2D eigenvalue weighted by atomic mass is 35.5. The first-order valence-electron chi connectivity index (χ1n) is 11.0. The number of hydrogen-bond acceptors (Lipinski definition) is 7. The van der Waals surface area contributed by atoms with Crippen molar-refractivity contribution in [3.63, 3.8) is 0 Å². The number of carboxylic acids is 1. The Morgan fingerprint density at radius 1 is 1.34 bits per heavy atom. The molecule has 0 spiro atoms. The third kappa shape index (κ3) is 4.82. The van der Waals surface area contributed by atoms with E-state index in [1.54, 1.807) is 11.0 Å². The van der Waals surface area contributed by atoms with Crippen molar-refractivity contribution in [1.29, 1.82) is 5.26 Å². The third-order valence-electron chi connectivity index (χ3n) is 6.16. The van der Waals surface area contributed by atoms with Crippen molar-refractivity contribution >= 4 is 40.1 Å². The molecule has 8 nitrogen and oxygen atoms in total. The zero-order valence-electron chi connectivity index (χ0n) is 19.3. The molecule has 1 unspecified atom stereocenters. The molecule has 1 aliphatic heterocycles. The molecule has 11 heteroatoms. The van der Waals surface area contributed by atoms with Crippen LogP contribution in [-0.2, 0) is 0 Å². The van der Waals surface area contributed by atoms with Crippen LogP contribution in [0.4, 0.5) is 20.3 Å². The van der Waals surface area contributed by atoms with E-state index in [-0.39, 0.29) is 47.6 Å². The second-order valence-electron chi connectivity index (χ2n) is 8.79. The molecule has 2 atom stereocenters. The zero-order chi connectivity index (χ0) is 25.5. The number of aromatic carboxylic acids is 1. The molecular formula is C24H23ClF2N6O2. The van der Waals surface area contributed by atoms with Crippen molar-refractivity contribution in [2.75, 3.05) is 23.3 Å². The molecule has 2 N–H and O–H groups in total. The number of piperidine rings is 1. The molecule has 1 aliphatic rings. The van der Waals surface area contributed by atoms with Crippen LogP contribution in [0.1, 0.15) is 53.6 Å². The summed E-state index contributed by atoms with van der Waals surface area (Å²) in [6.07, 6.45) is -0.334. The largest absolute Gasteiger partial charge is 0.476 e. The lowest BCUT2D eigenvalue weighted by molar-refractivity contribution is -0.0652. The summed E-state index contributed by atoms with van der Waals surface area (Å²) in [5.41, 5.74) is 2.68. The third-order valence-corrected chi connectivity index (χ3v) is 6.37. The second-order valence-corrected chi connectivity index (χ2v) is 9.18. The van der Waals surface area contributed by atoms with E-state index in [1.807, 2.05) is 26.0 Å². The van der Waals surface area contributed by atoms with Crippen LogP contribution in [0.5, 0.6) is 0 Å². The monoisotopic (exact) mass is 500 g/mol. The van der Waals surface area contributed by atoms with Crippen molar-refractivity contribution in [3.8, 4) is 6.07 Å². The molecule has 182 valence electrons. The Morgan fingerprint density at radius 3 is 2.74 bits per heavy atom. The van der Waals surface area contributed by atoms with Crippen LogP contribution in [0, 0.1) is 24.2 Å². The smallest absolute Gasteiger partial charge is 0.356 e. The molecule has 4 rings (SSSR count). The van der Waals surface area contributed by atoms with E-state index >= 15 is 0 Å². The van der Waals surface area contributed by atoms with Gasteiger partial charge in [-0.2, -0.15) is 5.26 Å². The molecular weight excluding hydrogens is 478 g/mol. The van der Waals surface area contributed by atoms with E-state index in [2.05, 4.69) is 15.3 Å². The first-order valence-corrected chi connectivity index (χ1v) is 11.4. The van der Waals surface area contributed by atoms with Crippen LogP contribution in [-0.4, -0.2) is 45.0 Å². The summed E-state index contributed by atoms with van der Waals surface area (Å²) in [5, 5.41) is 22.4. The minimum atomic E-state index is -2.78. The van der Waals surface area contributed by atoms with E-state index < -0.39 is 23.9 Å². The van der Waals surface area contributed by atoms with Crippen LogP contribution in [0.15, 0.2) is 24.3 Å². The molecule has 1 saturated heterocycles. The number of halogens is 3. The summed E-state index contributed by atoms with van der Waals surface area (Å²) < 4.78 is 28.1. The number of rotatable bonds is 5. The maximum Gasteiger partial charge on any atom is 0.356 e. The first-order chi connectivity index (χ1) is 16.5. The number of carbonyl (C=O) groups is 1. The van der Waals surface area contributed by atoms with Gasteiger partial charge in [0.25, 0.3) is 5.92 Å². The number of nitrogens with one attached hydrogen (secondary N) is 1. The van der Waals surface area contributed by atoms with E-state index in [4.69, 9.17) is 16.6 Å². The van der Waals surface area contributed by atoms with Gasteiger partial charge in [-0.3, -0.25) is 0 Å². The average molecular weight is 501 g/mol. The van der Waals surface area contributed by atoms with Crippen molar-refractivity contribution in [2.24, 2.45) is 5.92 Å². The van der Waals surface area contributed by atoms with Gasteiger partial charge >= 0.3 is 5.97 Å². The van der Waals surface area contributed by atoms with Gasteiger partial charge in [0.2, 0.25) is 0 Å². The Kier molecular flexibility index (Phi) is 6.47. The Bertz CT molecular complexity index is 1360. The number of aromatic nitrogens is 3. The molecule has 3 heterocycles. The molecule has 35 heavy (non-hydrogen) atoms. The number of hydrogen-bond donors (Lipinski definition) is 2. The number of anilines is 2. The average Bonchev–Trinajstić information content (AvgIpc) is 2.80. The Balaban J connectivity index is 1.78. The molecule has 1 aromatic carbocycles. The van der Waals surface area contributed by atoms with Gasteiger partial charge < -0.3 is 15.3 Å². The van der Waals surface area contributed by atoms with Crippen LogP contribution in [0.3, 0.4) is 0 Å². The van der Waals surface area contributed by atoms with Gasteiger partial charge in [-0.15, -0.1) is 0 Å². The Labute approximate surface area is 205 Å². The van der Waals surface area contributed by atoms with E-state index in [0.717, 1.165) is 5.56 Å². The molecule has 0 saturated carbocycles. The quantitative estimate of drug-likeness (QED) is 0.459. The van der Waals surface area contributed by atoms with Crippen molar-refractivity contribution in [2.45, 2.75) is 39.2 Å². The van der Waals surface area contributed by atoms with Crippen LogP contribution < -0.4 is 10.2 Å². The van der Waals surface area contributed by atoms with Gasteiger partial charge in [0.15, 0.2) is 17.2 Å². The Hall–Kier alpha value is -3.58. The molecule has 0 bridgehead atoms. The molecule has 2 aromatic heterocycles. The van der Waals surface area contributed by atoms with Crippen molar-refractivity contribution in [1.82, 2.24) is 15.0 Å². The van der Waals surface area contributed by atoms with E-state index in [9.17, 15) is 23.9 Å². The number of aryl methyl sites for hydroxylation is 1. The lowest BCUT2D eigenvalue weighted by Crippen LogP contribution is -2.46. The highest BCUT2D eigenvalue weighted by molar-refractivity contribution is 6.29. The fourth-order valence-corrected chi connectivity index (χ4v) is 4.40. The summed E-state index contributed by atoms with van der Waals surface area (Å²) in [5.74, 6) is -4.64. The van der Waals surface area contributed by atoms with Gasteiger partial charge in [0.1, 0.15) is 11.2 Å².